The van der Waals surface area contributed by atoms with Gasteiger partial charge in [-0.2, -0.15) is 0 Å². The van der Waals surface area contributed by atoms with E-state index in [1.165, 1.54) is 0 Å². The monoisotopic (exact) mass is 382 g/mol. The molecule has 0 aliphatic carbocycles. The Kier molecular flexibility index (Phi) is 5.67. The Balaban J connectivity index is 1.35. The summed E-state index contributed by atoms with van der Waals surface area (Å²) < 4.78 is 16.7. The van der Waals surface area contributed by atoms with E-state index in [-0.39, 0.29) is 6.04 Å². The third kappa shape index (κ3) is 4.47. The molecule has 1 aliphatic heterocycles. The number of nitrogens with one attached hydrogen (secondary N) is 2. The van der Waals surface area contributed by atoms with Crippen molar-refractivity contribution in [1.82, 2.24) is 10.6 Å². The topological polar surface area (TPSA) is 55.7 Å². The van der Waals surface area contributed by atoms with Gasteiger partial charge in [-0.3, -0.25) is 5.32 Å². The number of methoxy groups -OCH3 is 1. The summed E-state index contributed by atoms with van der Waals surface area (Å²) in [6, 6.07) is 18.3. The molecule has 0 radical (unpaired) electrons. The smallest absolute Gasteiger partial charge is 0.135 e. The molecule has 0 bridgehead atoms. The van der Waals surface area contributed by atoms with Gasteiger partial charge in [0.1, 0.15) is 23.9 Å². The van der Waals surface area contributed by atoms with Crippen LogP contribution in [0.1, 0.15) is 17.4 Å². The summed E-state index contributed by atoms with van der Waals surface area (Å²) in [4.78, 5) is 2.29. The van der Waals surface area contributed by atoms with Gasteiger partial charge >= 0.3 is 0 Å². The van der Waals surface area contributed by atoms with Gasteiger partial charge in [-0.05, 0) is 48.0 Å². The molecule has 1 unspecified atom stereocenters. The summed E-state index contributed by atoms with van der Waals surface area (Å²) in [6.07, 6.45) is 1.75. The van der Waals surface area contributed by atoms with Crippen molar-refractivity contribution in [3.63, 3.8) is 0 Å². The Bertz CT molecular complexity index is 856. The van der Waals surface area contributed by atoms with Crippen molar-refractivity contribution in [3.8, 4) is 11.5 Å². The van der Waals surface area contributed by atoms with Gasteiger partial charge in [0.2, 0.25) is 0 Å². The van der Waals surface area contributed by atoms with E-state index in [1.54, 1.807) is 25.1 Å². The first kappa shape index (κ1) is 18.0. The molecule has 3 aromatic rings. The van der Waals surface area contributed by atoms with Gasteiger partial charge in [0.25, 0.3) is 0 Å². The zero-order valence-corrected chi connectivity index (χ0v) is 15.9. The Morgan fingerprint density at radius 1 is 1.04 bits per heavy atom. The lowest BCUT2D eigenvalue weighted by Gasteiger charge is -2.10. The van der Waals surface area contributed by atoms with Gasteiger partial charge in [-0.15, -0.1) is 0 Å². The Hall–Kier alpha value is -2.41. The average Bonchev–Trinajstić information content (AvgIpc) is 3.39. The summed E-state index contributed by atoms with van der Waals surface area (Å²) in [7, 11) is 1.67. The van der Waals surface area contributed by atoms with Gasteiger partial charge in [0.15, 0.2) is 0 Å². The first-order chi connectivity index (χ1) is 13.3. The Labute approximate surface area is 163 Å². The van der Waals surface area contributed by atoms with Crippen LogP contribution in [0.4, 0.5) is 0 Å². The SMILES string of the molecule is COc1ccc(COc2ccc(Sc3ccoc3C3CNCN3)cc2)cc1. The number of furan rings is 1. The van der Waals surface area contributed by atoms with E-state index in [4.69, 9.17) is 13.9 Å². The number of hydrogen-bond donors (Lipinski definition) is 2. The Morgan fingerprint density at radius 2 is 1.81 bits per heavy atom. The second kappa shape index (κ2) is 8.52. The highest BCUT2D eigenvalue weighted by molar-refractivity contribution is 7.99. The second-order valence-corrected chi connectivity index (χ2v) is 7.36. The largest absolute Gasteiger partial charge is 0.497 e. The van der Waals surface area contributed by atoms with E-state index in [2.05, 4.69) is 22.8 Å². The van der Waals surface area contributed by atoms with Crippen LogP contribution in [-0.2, 0) is 6.61 Å². The van der Waals surface area contributed by atoms with Crippen LogP contribution in [0.5, 0.6) is 11.5 Å². The fourth-order valence-electron chi connectivity index (χ4n) is 2.94. The molecule has 1 atom stereocenters. The fourth-order valence-corrected chi connectivity index (χ4v) is 3.88. The van der Waals surface area contributed by atoms with Gasteiger partial charge in [-0.1, -0.05) is 23.9 Å². The minimum absolute atomic E-state index is 0.231. The number of benzene rings is 2. The predicted octanol–water partition coefficient (Wildman–Crippen LogP) is 4.21. The van der Waals surface area contributed by atoms with E-state index in [1.807, 2.05) is 42.5 Å². The van der Waals surface area contributed by atoms with Crippen molar-refractivity contribution in [2.75, 3.05) is 20.3 Å². The first-order valence-corrected chi connectivity index (χ1v) is 9.68. The third-order valence-electron chi connectivity index (χ3n) is 4.41. The maximum absolute atomic E-state index is 5.87. The highest BCUT2D eigenvalue weighted by Crippen LogP contribution is 2.35. The molecular formula is C21H22N2O3S. The highest BCUT2D eigenvalue weighted by atomic mass is 32.2. The van der Waals surface area contributed by atoms with Gasteiger partial charge in [0.05, 0.1) is 24.3 Å². The molecule has 0 spiro atoms. The Morgan fingerprint density at radius 3 is 2.52 bits per heavy atom. The first-order valence-electron chi connectivity index (χ1n) is 8.87. The van der Waals surface area contributed by atoms with Gasteiger partial charge in [0, 0.05) is 18.1 Å². The minimum Gasteiger partial charge on any atom is -0.497 e. The van der Waals surface area contributed by atoms with Crippen molar-refractivity contribution in [2.45, 2.75) is 22.4 Å². The van der Waals surface area contributed by atoms with Crippen LogP contribution in [0.2, 0.25) is 0 Å². The lowest BCUT2D eigenvalue weighted by molar-refractivity contribution is 0.306. The molecule has 4 rings (SSSR count). The summed E-state index contributed by atoms with van der Waals surface area (Å²) in [6.45, 7) is 2.23. The van der Waals surface area contributed by atoms with Crippen LogP contribution in [0.3, 0.4) is 0 Å². The summed E-state index contributed by atoms with van der Waals surface area (Å²) in [5.41, 5.74) is 1.11. The minimum atomic E-state index is 0.231. The zero-order valence-electron chi connectivity index (χ0n) is 15.1. The molecule has 5 nitrogen and oxygen atoms in total. The molecular weight excluding hydrogens is 360 g/mol. The molecule has 2 aromatic carbocycles. The second-order valence-electron chi connectivity index (χ2n) is 6.25. The number of rotatable bonds is 7. The quantitative estimate of drug-likeness (QED) is 0.638. The van der Waals surface area contributed by atoms with Crippen LogP contribution in [0.25, 0.3) is 0 Å². The average molecular weight is 382 g/mol. The van der Waals surface area contributed by atoms with Crippen LogP contribution >= 0.6 is 11.8 Å². The van der Waals surface area contributed by atoms with Gasteiger partial charge < -0.3 is 19.2 Å². The lowest BCUT2D eigenvalue weighted by atomic mass is 10.2. The molecule has 1 aliphatic rings. The van der Waals surface area contributed by atoms with Crippen molar-refractivity contribution >= 4 is 11.8 Å². The third-order valence-corrected chi connectivity index (χ3v) is 5.48. The molecule has 2 heterocycles. The number of hydrogen-bond acceptors (Lipinski definition) is 6. The molecule has 0 amide bonds. The zero-order chi connectivity index (χ0) is 18.5. The van der Waals surface area contributed by atoms with Crippen molar-refractivity contribution in [2.24, 2.45) is 0 Å². The van der Waals surface area contributed by atoms with Crippen molar-refractivity contribution < 1.29 is 13.9 Å². The molecule has 6 heteroatoms. The molecule has 2 N–H and O–H groups in total. The highest BCUT2D eigenvalue weighted by Gasteiger charge is 2.22. The molecule has 1 aromatic heterocycles. The van der Waals surface area contributed by atoms with E-state index in [0.29, 0.717) is 6.61 Å². The van der Waals surface area contributed by atoms with E-state index in [9.17, 15) is 0 Å². The fraction of sp³-hybridized carbons (Fsp3) is 0.238. The van der Waals surface area contributed by atoms with Crippen molar-refractivity contribution in [3.05, 3.63) is 72.2 Å². The maximum Gasteiger partial charge on any atom is 0.135 e. The maximum atomic E-state index is 5.87. The summed E-state index contributed by atoms with van der Waals surface area (Å²) >= 11 is 1.70. The molecule has 0 saturated carbocycles. The normalized spacial score (nSPS) is 16.4. The van der Waals surface area contributed by atoms with Crippen molar-refractivity contribution in [1.29, 1.82) is 0 Å². The van der Waals surface area contributed by atoms with Gasteiger partial charge in [-0.25, -0.2) is 0 Å². The standard InChI is InChI=1S/C21H22N2O3S/c1-24-16-4-2-15(3-5-16)13-26-17-6-8-18(9-7-17)27-20-10-11-25-21(20)19-12-22-14-23-19/h2-11,19,22-23H,12-14H2,1H3. The lowest BCUT2D eigenvalue weighted by Crippen LogP contribution is -2.14. The van der Waals surface area contributed by atoms with Crippen LogP contribution in [0.15, 0.2) is 75.1 Å². The van der Waals surface area contributed by atoms with Crippen LogP contribution in [0, 0.1) is 0 Å². The molecule has 1 fully saturated rings. The summed E-state index contributed by atoms with van der Waals surface area (Å²) in [5.74, 6) is 2.69. The van der Waals surface area contributed by atoms with E-state index in [0.717, 1.165) is 45.8 Å². The summed E-state index contributed by atoms with van der Waals surface area (Å²) in [5, 5.41) is 6.68. The molecule has 140 valence electrons. The van der Waals surface area contributed by atoms with E-state index >= 15 is 0 Å². The molecule has 27 heavy (non-hydrogen) atoms. The van der Waals surface area contributed by atoms with Crippen LogP contribution in [-0.4, -0.2) is 20.3 Å². The predicted molar refractivity (Wildman–Crippen MR) is 105 cm³/mol. The number of ether oxygens (including phenoxy) is 2. The van der Waals surface area contributed by atoms with Crippen LogP contribution < -0.4 is 20.1 Å². The molecule has 1 saturated heterocycles. The van der Waals surface area contributed by atoms with E-state index < -0.39 is 0 Å².